The Bertz CT molecular complexity index is 952. The molecular weight excluding hydrogens is 289 g/mol. The molecule has 112 valence electrons. The molecule has 1 aromatic heterocycles. The zero-order chi connectivity index (χ0) is 15.6. The van der Waals surface area contributed by atoms with E-state index in [1.807, 2.05) is 48.5 Å². The van der Waals surface area contributed by atoms with Crippen LogP contribution in [0, 0.1) is 0 Å². The van der Waals surface area contributed by atoms with E-state index >= 15 is 0 Å². The van der Waals surface area contributed by atoms with E-state index in [-0.39, 0.29) is 0 Å². The monoisotopic (exact) mass is 303 g/mol. The van der Waals surface area contributed by atoms with Crippen LogP contribution in [0.5, 0.6) is 11.5 Å². The lowest BCUT2D eigenvalue weighted by atomic mass is 10.1. The molecule has 0 spiro atoms. The van der Waals surface area contributed by atoms with Gasteiger partial charge in [0.05, 0.1) is 5.52 Å². The van der Waals surface area contributed by atoms with Crippen molar-refractivity contribution < 1.29 is 14.3 Å². The molecule has 4 aromatic rings. The Morgan fingerprint density at radius 1 is 0.739 bits per heavy atom. The Morgan fingerprint density at radius 3 is 2.35 bits per heavy atom. The highest BCUT2D eigenvalue weighted by Gasteiger charge is 2.22. The average Bonchev–Trinajstić information content (AvgIpc) is 2.96. The predicted molar refractivity (Wildman–Crippen MR) is 91.5 cm³/mol. The summed E-state index contributed by atoms with van der Waals surface area (Å²) in [6.07, 6.45) is 0. The Balaban J connectivity index is 1.66. The van der Waals surface area contributed by atoms with Gasteiger partial charge < -0.3 is 19.3 Å². The molecule has 0 radical (unpaired) electrons. The minimum atomic E-state index is -1.38. The number of hydrogen-bond acceptors (Lipinski definition) is 3. The SMILES string of the molecule is OB(Oc1ccccc1)Oc1cccc2c1[nH]c1ccccc12. The van der Waals surface area contributed by atoms with Crippen molar-refractivity contribution in [2.24, 2.45) is 0 Å². The summed E-state index contributed by atoms with van der Waals surface area (Å²) in [7, 11) is -1.38. The second-order valence-corrected chi connectivity index (χ2v) is 5.21. The lowest BCUT2D eigenvalue weighted by molar-refractivity contribution is 0.299. The summed E-state index contributed by atoms with van der Waals surface area (Å²) in [4.78, 5) is 3.32. The average molecular weight is 303 g/mol. The first-order valence-electron chi connectivity index (χ1n) is 7.37. The molecule has 0 unspecified atom stereocenters. The molecule has 0 amide bonds. The molecule has 4 rings (SSSR count). The number of hydrogen-bond donors (Lipinski definition) is 2. The molecule has 5 heteroatoms. The van der Waals surface area contributed by atoms with Crippen molar-refractivity contribution in [3.63, 3.8) is 0 Å². The summed E-state index contributed by atoms with van der Waals surface area (Å²) in [6.45, 7) is 0. The van der Waals surface area contributed by atoms with E-state index < -0.39 is 7.32 Å². The van der Waals surface area contributed by atoms with Gasteiger partial charge in [-0.25, -0.2) is 0 Å². The number of rotatable bonds is 4. The normalized spacial score (nSPS) is 10.8. The maximum Gasteiger partial charge on any atom is 0.785 e. The van der Waals surface area contributed by atoms with Gasteiger partial charge in [-0.15, -0.1) is 0 Å². The molecule has 0 bridgehead atoms. The van der Waals surface area contributed by atoms with Crippen molar-refractivity contribution in [2.45, 2.75) is 0 Å². The van der Waals surface area contributed by atoms with E-state index in [9.17, 15) is 5.02 Å². The third-order valence-electron chi connectivity index (χ3n) is 3.71. The first kappa shape index (κ1) is 13.7. The van der Waals surface area contributed by atoms with Gasteiger partial charge in [0.2, 0.25) is 0 Å². The van der Waals surface area contributed by atoms with Gasteiger partial charge in [0, 0.05) is 16.3 Å². The topological polar surface area (TPSA) is 54.5 Å². The van der Waals surface area contributed by atoms with Gasteiger partial charge >= 0.3 is 7.32 Å². The Hall–Kier alpha value is -2.92. The van der Waals surface area contributed by atoms with E-state index in [1.165, 1.54) is 0 Å². The number of aromatic nitrogens is 1. The summed E-state index contributed by atoms with van der Waals surface area (Å²) >= 11 is 0. The second-order valence-electron chi connectivity index (χ2n) is 5.21. The van der Waals surface area contributed by atoms with Gasteiger partial charge in [0.1, 0.15) is 11.5 Å². The Labute approximate surface area is 133 Å². The smallest absolute Gasteiger partial charge is 0.501 e. The van der Waals surface area contributed by atoms with Gasteiger partial charge in [-0.3, -0.25) is 0 Å². The maximum atomic E-state index is 10.0. The van der Waals surface area contributed by atoms with E-state index in [2.05, 4.69) is 11.1 Å². The van der Waals surface area contributed by atoms with Crippen LogP contribution in [-0.2, 0) is 0 Å². The first-order chi connectivity index (χ1) is 11.3. The van der Waals surface area contributed by atoms with Gasteiger partial charge in [0.15, 0.2) is 0 Å². The van der Waals surface area contributed by atoms with Crippen molar-refractivity contribution in [3.8, 4) is 11.5 Å². The zero-order valence-corrected chi connectivity index (χ0v) is 12.3. The summed E-state index contributed by atoms with van der Waals surface area (Å²) in [5.74, 6) is 1.09. The van der Waals surface area contributed by atoms with Crippen LogP contribution in [0.2, 0.25) is 0 Å². The molecule has 4 nitrogen and oxygen atoms in total. The quantitative estimate of drug-likeness (QED) is 0.564. The van der Waals surface area contributed by atoms with E-state index in [0.29, 0.717) is 11.5 Å². The molecular formula is C18H14BNO3. The highest BCUT2D eigenvalue weighted by molar-refractivity contribution is 6.37. The van der Waals surface area contributed by atoms with Crippen LogP contribution in [0.4, 0.5) is 0 Å². The van der Waals surface area contributed by atoms with Crippen molar-refractivity contribution in [1.29, 1.82) is 0 Å². The molecule has 23 heavy (non-hydrogen) atoms. The third-order valence-corrected chi connectivity index (χ3v) is 3.71. The van der Waals surface area contributed by atoms with Gasteiger partial charge in [-0.05, 0) is 24.3 Å². The predicted octanol–water partition coefficient (Wildman–Crippen LogP) is 3.76. The lowest BCUT2D eigenvalue weighted by Crippen LogP contribution is -2.29. The molecule has 0 fully saturated rings. The van der Waals surface area contributed by atoms with Gasteiger partial charge in [-0.2, -0.15) is 0 Å². The fraction of sp³-hybridized carbons (Fsp3) is 0. The summed E-state index contributed by atoms with van der Waals surface area (Å²) in [5, 5.41) is 12.2. The largest absolute Gasteiger partial charge is 0.785 e. The van der Waals surface area contributed by atoms with Crippen molar-refractivity contribution in [3.05, 3.63) is 72.8 Å². The fourth-order valence-corrected chi connectivity index (χ4v) is 2.69. The van der Waals surface area contributed by atoms with Crippen LogP contribution in [0.1, 0.15) is 0 Å². The van der Waals surface area contributed by atoms with E-state index in [1.54, 1.807) is 18.2 Å². The van der Waals surface area contributed by atoms with Crippen LogP contribution in [0.3, 0.4) is 0 Å². The highest BCUT2D eigenvalue weighted by Crippen LogP contribution is 2.31. The summed E-state index contributed by atoms with van der Waals surface area (Å²) < 4.78 is 10.9. The van der Waals surface area contributed by atoms with Crippen LogP contribution in [0.15, 0.2) is 72.8 Å². The third kappa shape index (κ3) is 2.62. The van der Waals surface area contributed by atoms with Gasteiger partial charge in [0.25, 0.3) is 0 Å². The van der Waals surface area contributed by atoms with Gasteiger partial charge in [-0.1, -0.05) is 48.5 Å². The number of H-pyrrole nitrogens is 1. The van der Waals surface area contributed by atoms with Crippen LogP contribution in [0.25, 0.3) is 21.8 Å². The fourth-order valence-electron chi connectivity index (χ4n) is 2.69. The number of aromatic amines is 1. The molecule has 0 aliphatic rings. The summed E-state index contributed by atoms with van der Waals surface area (Å²) in [6, 6.07) is 22.8. The van der Waals surface area contributed by atoms with Crippen molar-refractivity contribution in [1.82, 2.24) is 4.98 Å². The number of para-hydroxylation sites is 3. The summed E-state index contributed by atoms with van der Waals surface area (Å²) in [5.41, 5.74) is 1.86. The Kier molecular flexibility index (Phi) is 3.40. The molecule has 0 atom stereocenters. The molecule has 3 aromatic carbocycles. The Morgan fingerprint density at radius 2 is 1.48 bits per heavy atom. The standard InChI is InChI=1S/C18H14BNO3/c21-19(22-13-7-2-1-3-8-13)23-17-12-6-10-15-14-9-4-5-11-16(14)20-18(15)17/h1-12,20-21H. The molecule has 2 N–H and O–H groups in total. The van der Waals surface area contributed by atoms with E-state index in [4.69, 9.17) is 9.31 Å². The molecule has 1 heterocycles. The first-order valence-corrected chi connectivity index (χ1v) is 7.37. The number of fused-ring (bicyclic) bond motifs is 3. The zero-order valence-electron chi connectivity index (χ0n) is 12.3. The van der Waals surface area contributed by atoms with E-state index in [0.717, 1.165) is 21.8 Å². The maximum absolute atomic E-state index is 10.0. The second kappa shape index (κ2) is 5.70. The van der Waals surface area contributed by atoms with Crippen molar-refractivity contribution >= 4 is 29.1 Å². The van der Waals surface area contributed by atoms with Crippen LogP contribution >= 0.6 is 0 Å². The lowest BCUT2D eigenvalue weighted by Gasteiger charge is -2.11. The molecule has 0 saturated carbocycles. The minimum Gasteiger partial charge on any atom is -0.501 e. The molecule has 0 saturated heterocycles. The number of nitrogens with one attached hydrogen (secondary N) is 1. The van der Waals surface area contributed by atoms with Crippen molar-refractivity contribution in [2.75, 3.05) is 0 Å². The van der Waals surface area contributed by atoms with Crippen LogP contribution < -0.4 is 9.31 Å². The number of benzene rings is 3. The highest BCUT2D eigenvalue weighted by atomic mass is 16.7. The van der Waals surface area contributed by atoms with Crippen LogP contribution in [-0.4, -0.2) is 17.3 Å². The minimum absolute atomic E-state index is 0.544. The molecule has 0 aliphatic heterocycles. The molecule has 0 aliphatic carbocycles.